The summed E-state index contributed by atoms with van der Waals surface area (Å²) in [4.78, 5) is 4.45. The normalized spacial score (nSPS) is 15.8. The molecule has 0 fully saturated rings. The number of hydrogen-bond acceptors (Lipinski definition) is 2. The summed E-state index contributed by atoms with van der Waals surface area (Å²) in [6, 6.07) is 10.2. The van der Waals surface area contributed by atoms with Crippen LogP contribution in [-0.2, 0) is 10.3 Å². The second-order valence-electron chi connectivity index (χ2n) is 5.21. The van der Waals surface area contributed by atoms with Crippen molar-refractivity contribution in [2.24, 2.45) is 5.41 Å². The van der Waals surface area contributed by atoms with Crippen molar-refractivity contribution in [1.82, 2.24) is 0 Å². The van der Waals surface area contributed by atoms with E-state index in [9.17, 15) is 0 Å². The minimum atomic E-state index is -0.183. The van der Waals surface area contributed by atoms with Crippen LogP contribution in [0.15, 0.2) is 30.3 Å². The predicted molar refractivity (Wildman–Crippen MR) is 66.4 cm³/mol. The van der Waals surface area contributed by atoms with E-state index in [0.29, 0.717) is 6.61 Å². The second kappa shape index (κ2) is 4.98. The molecular formula is C14H22O2. The van der Waals surface area contributed by atoms with E-state index >= 15 is 0 Å². The molecule has 0 saturated heterocycles. The van der Waals surface area contributed by atoms with E-state index in [2.05, 4.69) is 44.7 Å². The maximum Gasteiger partial charge on any atom is 0.0918 e. The van der Waals surface area contributed by atoms with Gasteiger partial charge in [0.05, 0.1) is 6.61 Å². The maximum absolute atomic E-state index is 8.82. The fourth-order valence-corrected chi connectivity index (χ4v) is 1.99. The van der Waals surface area contributed by atoms with Crippen LogP contribution in [0.1, 0.15) is 39.7 Å². The second-order valence-corrected chi connectivity index (χ2v) is 5.21. The summed E-state index contributed by atoms with van der Waals surface area (Å²) in [5, 5.41) is 8.82. The zero-order chi connectivity index (χ0) is 12.2. The fraction of sp³-hybridized carbons (Fsp3) is 0.571. The first-order chi connectivity index (χ1) is 7.48. The first-order valence-electron chi connectivity index (χ1n) is 5.80. The SMILES string of the molecule is CCC(C)(C)C(C)(COO)c1ccccc1. The lowest BCUT2D eigenvalue weighted by Gasteiger charge is -2.43. The van der Waals surface area contributed by atoms with Gasteiger partial charge in [0.25, 0.3) is 0 Å². The molecule has 0 aliphatic heterocycles. The molecule has 0 bridgehead atoms. The van der Waals surface area contributed by atoms with Crippen LogP contribution < -0.4 is 0 Å². The average molecular weight is 222 g/mol. The third kappa shape index (κ3) is 2.28. The van der Waals surface area contributed by atoms with Crippen molar-refractivity contribution in [3.63, 3.8) is 0 Å². The molecule has 0 amide bonds. The van der Waals surface area contributed by atoms with Gasteiger partial charge in [-0.2, -0.15) is 0 Å². The summed E-state index contributed by atoms with van der Waals surface area (Å²) in [5.41, 5.74) is 1.09. The number of hydrogen-bond donors (Lipinski definition) is 1. The molecule has 2 nitrogen and oxygen atoms in total. The predicted octanol–water partition coefficient (Wildman–Crippen LogP) is 3.87. The Morgan fingerprint density at radius 1 is 1.12 bits per heavy atom. The van der Waals surface area contributed by atoms with E-state index in [4.69, 9.17) is 5.26 Å². The molecule has 0 saturated carbocycles. The van der Waals surface area contributed by atoms with Gasteiger partial charge in [0.15, 0.2) is 0 Å². The molecule has 1 rings (SSSR count). The molecule has 0 heterocycles. The van der Waals surface area contributed by atoms with Gasteiger partial charge in [-0.05, 0) is 11.0 Å². The van der Waals surface area contributed by atoms with Gasteiger partial charge >= 0.3 is 0 Å². The molecule has 0 spiro atoms. The monoisotopic (exact) mass is 222 g/mol. The van der Waals surface area contributed by atoms with Crippen LogP contribution in [0.5, 0.6) is 0 Å². The highest BCUT2D eigenvalue weighted by Gasteiger charge is 2.41. The van der Waals surface area contributed by atoms with Gasteiger partial charge in [0, 0.05) is 5.41 Å². The Bertz CT molecular complexity index is 319. The third-order valence-electron chi connectivity index (χ3n) is 4.14. The largest absolute Gasteiger partial charge is 0.252 e. The van der Waals surface area contributed by atoms with Crippen molar-refractivity contribution >= 4 is 0 Å². The number of rotatable bonds is 5. The van der Waals surface area contributed by atoms with Crippen molar-refractivity contribution in [3.8, 4) is 0 Å². The molecule has 0 aliphatic carbocycles. The molecule has 90 valence electrons. The summed E-state index contributed by atoms with van der Waals surface area (Å²) in [5.74, 6) is 0. The van der Waals surface area contributed by atoms with Crippen molar-refractivity contribution in [3.05, 3.63) is 35.9 Å². The van der Waals surface area contributed by atoms with Gasteiger partial charge in [-0.1, -0.05) is 64.4 Å². The van der Waals surface area contributed by atoms with Crippen molar-refractivity contribution in [1.29, 1.82) is 0 Å². The Kier molecular flexibility index (Phi) is 4.11. The molecule has 16 heavy (non-hydrogen) atoms. The summed E-state index contributed by atoms with van der Waals surface area (Å²) < 4.78 is 0. The topological polar surface area (TPSA) is 29.5 Å². The van der Waals surface area contributed by atoms with Crippen LogP contribution in [0.25, 0.3) is 0 Å². The first kappa shape index (κ1) is 13.2. The van der Waals surface area contributed by atoms with Crippen molar-refractivity contribution in [2.45, 2.75) is 39.5 Å². The highest BCUT2D eigenvalue weighted by molar-refractivity contribution is 5.27. The van der Waals surface area contributed by atoms with Crippen LogP contribution in [0.4, 0.5) is 0 Å². The highest BCUT2D eigenvalue weighted by Crippen LogP contribution is 2.43. The molecule has 1 unspecified atom stereocenters. The summed E-state index contributed by atoms with van der Waals surface area (Å²) in [7, 11) is 0. The Morgan fingerprint density at radius 3 is 2.12 bits per heavy atom. The van der Waals surface area contributed by atoms with Crippen LogP contribution in [-0.4, -0.2) is 11.9 Å². The van der Waals surface area contributed by atoms with Crippen LogP contribution in [0, 0.1) is 5.41 Å². The van der Waals surface area contributed by atoms with Crippen molar-refractivity contribution in [2.75, 3.05) is 6.61 Å². The summed E-state index contributed by atoms with van der Waals surface area (Å²) in [6.45, 7) is 9.04. The Balaban J connectivity index is 3.16. The van der Waals surface area contributed by atoms with E-state index in [1.165, 1.54) is 5.56 Å². The Morgan fingerprint density at radius 2 is 1.69 bits per heavy atom. The molecule has 0 aromatic heterocycles. The van der Waals surface area contributed by atoms with Gasteiger partial charge in [0.2, 0.25) is 0 Å². The maximum atomic E-state index is 8.82. The van der Waals surface area contributed by atoms with E-state index in [1.54, 1.807) is 0 Å². The minimum absolute atomic E-state index is 0.0666. The van der Waals surface area contributed by atoms with Crippen molar-refractivity contribution < 1.29 is 10.1 Å². The molecule has 0 radical (unpaired) electrons. The van der Waals surface area contributed by atoms with E-state index in [0.717, 1.165) is 6.42 Å². The zero-order valence-electron chi connectivity index (χ0n) is 10.7. The van der Waals surface area contributed by atoms with Gasteiger partial charge in [-0.25, -0.2) is 4.89 Å². The molecule has 1 N–H and O–H groups in total. The Hall–Kier alpha value is -0.860. The summed E-state index contributed by atoms with van der Waals surface area (Å²) in [6.07, 6.45) is 1.03. The van der Waals surface area contributed by atoms with Gasteiger partial charge < -0.3 is 0 Å². The fourth-order valence-electron chi connectivity index (χ4n) is 1.99. The Labute approximate surface area is 98.2 Å². The molecular weight excluding hydrogens is 200 g/mol. The van der Waals surface area contributed by atoms with Gasteiger partial charge in [0.1, 0.15) is 0 Å². The lowest BCUT2D eigenvalue weighted by molar-refractivity contribution is -0.260. The molecule has 1 atom stereocenters. The lowest BCUT2D eigenvalue weighted by Crippen LogP contribution is -2.42. The van der Waals surface area contributed by atoms with E-state index in [-0.39, 0.29) is 10.8 Å². The van der Waals surface area contributed by atoms with Crippen LogP contribution >= 0.6 is 0 Å². The van der Waals surface area contributed by atoms with E-state index in [1.807, 2.05) is 18.2 Å². The van der Waals surface area contributed by atoms with Crippen LogP contribution in [0.3, 0.4) is 0 Å². The molecule has 0 aliphatic rings. The minimum Gasteiger partial charge on any atom is -0.252 e. The molecule has 2 heteroatoms. The van der Waals surface area contributed by atoms with E-state index < -0.39 is 0 Å². The zero-order valence-corrected chi connectivity index (χ0v) is 10.7. The first-order valence-corrected chi connectivity index (χ1v) is 5.80. The smallest absolute Gasteiger partial charge is 0.0918 e. The molecule has 1 aromatic rings. The van der Waals surface area contributed by atoms with Gasteiger partial charge in [-0.15, -0.1) is 0 Å². The van der Waals surface area contributed by atoms with Crippen LogP contribution in [0.2, 0.25) is 0 Å². The lowest BCUT2D eigenvalue weighted by atomic mass is 9.62. The van der Waals surface area contributed by atoms with Gasteiger partial charge in [-0.3, -0.25) is 5.26 Å². The number of benzene rings is 1. The highest BCUT2D eigenvalue weighted by atomic mass is 17.1. The standard InChI is InChI=1S/C14H22O2/c1-5-13(2,3)14(4,11-16-15)12-9-7-6-8-10-12/h6-10,15H,5,11H2,1-4H3. The summed E-state index contributed by atoms with van der Waals surface area (Å²) >= 11 is 0. The quantitative estimate of drug-likeness (QED) is 0.605. The third-order valence-corrected chi connectivity index (χ3v) is 4.14. The molecule has 1 aromatic carbocycles. The average Bonchev–Trinajstić information content (AvgIpc) is 2.30.